The average molecular weight is 265 g/mol. The van der Waals surface area contributed by atoms with Crippen molar-refractivity contribution in [2.75, 3.05) is 6.54 Å². The van der Waals surface area contributed by atoms with Crippen molar-refractivity contribution in [2.45, 2.75) is 59.1 Å². The van der Waals surface area contributed by atoms with Crippen molar-refractivity contribution in [3.63, 3.8) is 0 Å². The maximum Gasteiger partial charge on any atom is 0.102 e. The molecule has 0 spiro atoms. The number of hydrogen-bond acceptors (Lipinski definition) is 3. The van der Waals surface area contributed by atoms with Gasteiger partial charge in [-0.25, -0.2) is 4.98 Å². The second kappa shape index (κ2) is 5.25. The fraction of sp³-hybridized carbons (Fsp3) is 0.800. The zero-order valence-electron chi connectivity index (χ0n) is 12.4. The first-order chi connectivity index (χ1) is 8.94. The first-order valence-electron chi connectivity index (χ1n) is 7.32. The van der Waals surface area contributed by atoms with Crippen LogP contribution in [0.25, 0.3) is 0 Å². The van der Waals surface area contributed by atoms with E-state index < -0.39 is 6.10 Å². The highest BCUT2D eigenvalue weighted by molar-refractivity contribution is 5.10. The van der Waals surface area contributed by atoms with E-state index >= 15 is 0 Å². The lowest BCUT2D eigenvalue weighted by molar-refractivity contribution is -0.0276. The van der Waals surface area contributed by atoms with E-state index in [9.17, 15) is 5.11 Å². The molecule has 0 bridgehead atoms. The van der Waals surface area contributed by atoms with Gasteiger partial charge in [0.15, 0.2) is 0 Å². The number of aliphatic hydroxyl groups is 1. The third-order valence-corrected chi connectivity index (χ3v) is 4.95. The Bertz CT molecular complexity index is 415. The topological polar surface area (TPSA) is 64.1 Å². The second-order valence-electron chi connectivity index (χ2n) is 6.74. The lowest BCUT2D eigenvalue weighted by atomic mass is 9.62. The van der Waals surface area contributed by atoms with Crippen molar-refractivity contribution < 1.29 is 5.11 Å². The third kappa shape index (κ3) is 2.70. The molecule has 1 aliphatic rings. The molecule has 1 aromatic heterocycles. The Morgan fingerprint density at radius 2 is 2.00 bits per heavy atom. The van der Waals surface area contributed by atoms with E-state index in [0.29, 0.717) is 12.0 Å². The average Bonchev–Trinajstić information content (AvgIpc) is 2.87. The summed E-state index contributed by atoms with van der Waals surface area (Å²) in [5.41, 5.74) is 7.15. The summed E-state index contributed by atoms with van der Waals surface area (Å²) in [6.45, 7) is 8.04. The van der Waals surface area contributed by atoms with Gasteiger partial charge in [0.05, 0.1) is 18.2 Å². The Morgan fingerprint density at radius 1 is 1.37 bits per heavy atom. The van der Waals surface area contributed by atoms with Gasteiger partial charge in [0, 0.05) is 18.5 Å². The molecule has 0 saturated heterocycles. The Morgan fingerprint density at radius 3 is 2.53 bits per heavy atom. The lowest BCUT2D eigenvalue weighted by Gasteiger charge is -2.45. The number of nitrogens with two attached hydrogens (primary N) is 1. The van der Waals surface area contributed by atoms with Gasteiger partial charge in [-0.3, -0.25) is 0 Å². The summed E-state index contributed by atoms with van der Waals surface area (Å²) in [7, 11) is 0. The van der Waals surface area contributed by atoms with Gasteiger partial charge in [-0.1, -0.05) is 13.8 Å². The Labute approximate surface area is 116 Å². The predicted molar refractivity (Wildman–Crippen MR) is 76.6 cm³/mol. The zero-order chi connectivity index (χ0) is 14.1. The van der Waals surface area contributed by atoms with Gasteiger partial charge in [0.25, 0.3) is 0 Å². The number of aryl methyl sites for hydroxylation is 1. The monoisotopic (exact) mass is 265 g/mol. The molecular formula is C15H27N3O. The third-order valence-electron chi connectivity index (χ3n) is 4.95. The number of imidazole rings is 1. The highest BCUT2D eigenvalue weighted by atomic mass is 16.3. The van der Waals surface area contributed by atoms with E-state index in [1.165, 1.54) is 0 Å². The molecule has 0 radical (unpaired) electrons. The minimum Gasteiger partial charge on any atom is -0.386 e. The number of aromatic nitrogens is 2. The Kier molecular flexibility index (Phi) is 4.02. The summed E-state index contributed by atoms with van der Waals surface area (Å²) < 4.78 is 2.02. The quantitative estimate of drug-likeness (QED) is 0.879. The molecule has 0 amide bonds. The van der Waals surface area contributed by atoms with Gasteiger partial charge in [-0.2, -0.15) is 0 Å². The summed E-state index contributed by atoms with van der Waals surface area (Å²) in [5, 5.41) is 10.8. The molecule has 1 aromatic rings. The highest BCUT2D eigenvalue weighted by Gasteiger charge is 2.43. The highest BCUT2D eigenvalue weighted by Crippen LogP contribution is 2.50. The van der Waals surface area contributed by atoms with E-state index in [1.54, 1.807) is 12.5 Å². The van der Waals surface area contributed by atoms with Crippen molar-refractivity contribution in [2.24, 2.45) is 16.6 Å². The van der Waals surface area contributed by atoms with Crippen molar-refractivity contribution in [3.05, 3.63) is 18.2 Å². The molecule has 4 heteroatoms. The smallest absolute Gasteiger partial charge is 0.102 e. The standard InChI is InChI=1S/C15H27N3O/c1-4-18-11-17-9-12(18)13(19)15(10-16)7-5-14(2,3)6-8-15/h9,11,13,19H,4-8,10,16H2,1-3H3. The molecule has 3 N–H and O–H groups in total. The van der Waals surface area contributed by atoms with Gasteiger partial charge >= 0.3 is 0 Å². The Hall–Kier alpha value is -0.870. The first-order valence-corrected chi connectivity index (χ1v) is 7.32. The van der Waals surface area contributed by atoms with Crippen LogP contribution in [0.15, 0.2) is 12.5 Å². The largest absolute Gasteiger partial charge is 0.386 e. The summed E-state index contributed by atoms with van der Waals surface area (Å²) in [5.74, 6) is 0. The molecule has 19 heavy (non-hydrogen) atoms. The Balaban J connectivity index is 2.22. The molecule has 1 fully saturated rings. The fourth-order valence-corrected chi connectivity index (χ4v) is 3.15. The summed E-state index contributed by atoms with van der Waals surface area (Å²) >= 11 is 0. The zero-order valence-corrected chi connectivity index (χ0v) is 12.4. The summed E-state index contributed by atoms with van der Waals surface area (Å²) in [6.07, 6.45) is 7.30. The van der Waals surface area contributed by atoms with Gasteiger partial charge in [-0.05, 0) is 38.0 Å². The van der Waals surface area contributed by atoms with Crippen LogP contribution >= 0.6 is 0 Å². The van der Waals surface area contributed by atoms with Crippen LogP contribution in [0.3, 0.4) is 0 Å². The van der Waals surface area contributed by atoms with Gasteiger partial charge in [0.2, 0.25) is 0 Å². The number of aliphatic hydroxyl groups excluding tert-OH is 1. The van der Waals surface area contributed by atoms with Crippen LogP contribution in [0, 0.1) is 10.8 Å². The van der Waals surface area contributed by atoms with Crippen molar-refractivity contribution in [1.29, 1.82) is 0 Å². The minimum absolute atomic E-state index is 0.178. The van der Waals surface area contributed by atoms with E-state index in [2.05, 4.69) is 25.8 Å². The van der Waals surface area contributed by atoms with E-state index in [0.717, 1.165) is 37.9 Å². The van der Waals surface area contributed by atoms with E-state index in [4.69, 9.17) is 5.73 Å². The van der Waals surface area contributed by atoms with Crippen LogP contribution in [0.4, 0.5) is 0 Å². The van der Waals surface area contributed by atoms with Crippen LogP contribution < -0.4 is 5.73 Å². The molecule has 1 atom stereocenters. The van der Waals surface area contributed by atoms with Gasteiger partial charge < -0.3 is 15.4 Å². The first kappa shape index (κ1) is 14.5. The van der Waals surface area contributed by atoms with Crippen LogP contribution in [0.2, 0.25) is 0 Å². The van der Waals surface area contributed by atoms with Crippen LogP contribution in [-0.4, -0.2) is 21.2 Å². The molecule has 1 aliphatic carbocycles. The molecule has 2 rings (SSSR count). The molecule has 1 heterocycles. The maximum atomic E-state index is 10.8. The van der Waals surface area contributed by atoms with Crippen molar-refractivity contribution in [1.82, 2.24) is 9.55 Å². The second-order valence-corrected chi connectivity index (χ2v) is 6.74. The number of nitrogens with zero attached hydrogens (tertiary/aromatic N) is 2. The van der Waals surface area contributed by atoms with Crippen LogP contribution in [-0.2, 0) is 6.54 Å². The number of hydrogen-bond donors (Lipinski definition) is 2. The molecule has 0 aliphatic heterocycles. The van der Waals surface area contributed by atoms with Gasteiger partial charge in [0.1, 0.15) is 6.10 Å². The molecule has 1 saturated carbocycles. The normalized spacial score (nSPS) is 23.2. The summed E-state index contributed by atoms with van der Waals surface area (Å²) in [4.78, 5) is 4.17. The van der Waals surface area contributed by atoms with Gasteiger partial charge in [-0.15, -0.1) is 0 Å². The molecule has 108 valence electrons. The number of rotatable bonds is 4. The van der Waals surface area contributed by atoms with Crippen molar-refractivity contribution >= 4 is 0 Å². The van der Waals surface area contributed by atoms with E-state index in [1.807, 2.05) is 4.57 Å². The van der Waals surface area contributed by atoms with Crippen molar-refractivity contribution in [3.8, 4) is 0 Å². The summed E-state index contributed by atoms with van der Waals surface area (Å²) in [6, 6.07) is 0. The van der Waals surface area contributed by atoms with Crippen LogP contribution in [0.5, 0.6) is 0 Å². The predicted octanol–water partition coefficient (Wildman–Crippen LogP) is 2.48. The minimum atomic E-state index is -0.504. The molecule has 0 aromatic carbocycles. The maximum absolute atomic E-state index is 10.8. The molecule has 4 nitrogen and oxygen atoms in total. The lowest BCUT2D eigenvalue weighted by Crippen LogP contribution is -2.42. The fourth-order valence-electron chi connectivity index (χ4n) is 3.15. The van der Waals surface area contributed by atoms with Crippen LogP contribution in [0.1, 0.15) is 58.3 Å². The molecule has 1 unspecified atom stereocenters. The van der Waals surface area contributed by atoms with E-state index in [-0.39, 0.29) is 5.41 Å². The SMILES string of the molecule is CCn1cncc1C(O)C1(CN)CCC(C)(C)CC1. The molecular weight excluding hydrogens is 238 g/mol.